The molecule has 0 unspecified atom stereocenters. The SMILES string of the molecule is OCC(CO)(CO)NC(=S)N(C(CO)(CO)CO)C(CO)(CO)CO. The van der Waals surface area contributed by atoms with E-state index in [1.165, 1.54) is 0 Å². The molecule has 0 radical (unpaired) electrons. The van der Waals surface area contributed by atoms with Crippen LogP contribution in [0.2, 0.25) is 0 Å². The van der Waals surface area contributed by atoms with E-state index in [9.17, 15) is 46.0 Å². The molecule has 0 fully saturated rings. The van der Waals surface area contributed by atoms with E-state index >= 15 is 0 Å². The van der Waals surface area contributed by atoms with Crippen LogP contribution in [0.5, 0.6) is 0 Å². The molecule has 150 valence electrons. The van der Waals surface area contributed by atoms with Gasteiger partial charge in [0.15, 0.2) is 5.11 Å². The standard InChI is InChI=1S/C13H28N2O9S/c16-1-11(2-17,3-18)14-10(25)15(12(4-19,5-20)6-21)13(7-22,8-23)9-24/h16-24H,1-9H2,(H,14,25). The zero-order valence-electron chi connectivity index (χ0n) is 13.7. The molecule has 10 N–H and O–H groups in total. The number of aliphatic hydroxyl groups excluding tert-OH is 9. The van der Waals surface area contributed by atoms with Gasteiger partial charge in [-0.3, -0.25) is 0 Å². The quantitative estimate of drug-likeness (QED) is 0.142. The third-order valence-corrected chi connectivity index (χ3v) is 4.48. The molecular formula is C13H28N2O9S. The van der Waals surface area contributed by atoms with Crippen molar-refractivity contribution >= 4 is 17.3 Å². The lowest BCUT2D eigenvalue weighted by Gasteiger charge is -2.52. The largest absolute Gasteiger partial charge is 0.394 e. The molecule has 0 atom stereocenters. The van der Waals surface area contributed by atoms with Crippen LogP contribution in [0.1, 0.15) is 0 Å². The molecule has 0 amide bonds. The van der Waals surface area contributed by atoms with Gasteiger partial charge in [-0.25, -0.2) is 0 Å². The van der Waals surface area contributed by atoms with Crippen LogP contribution in [0.3, 0.4) is 0 Å². The topological polar surface area (TPSA) is 197 Å². The van der Waals surface area contributed by atoms with Crippen molar-refractivity contribution in [1.29, 1.82) is 0 Å². The van der Waals surface area contributed by atoms with Crippen LogP contribution in [-0.2, 0) is 0 Å². The predicted octanol–water partition coefficient (Wildman–Crippen LogP) is -5.69. The molecule has 11 nitrogen and oxygen atoms in total. The van der Waals surface area contributed by atoms with Crippen molar-refractivity contribution in [2.75, 3.05) is 59.5 Å². The average Bonchev–Trinajstić information content (AvgIpc) is 2.67. The lowest BCUT2D eigenvalue weighted by molar-refractivity contribution is -0.108. The Morgan fingerprint density at radius 2 is 0.880 bits per heavy atom. The smallest absolute Gasteiger partial charge is 0.171 e. The van der Waals surface area contributed by atoms with Gasteiger partial charge in [0, 0.05) is 0 Å². The fourth-order valence-electron chi connectivity index (χ4n) is 2.21. The maximum absolute atomic E-state index is 9.67. The summed E-state index contributed by atoms with van der Waals surface area (Å²) in [6.45, 7) is -7.57. The molecule has 0 spiro atoms. The van der Waals surface area contributed by atoms with Gasteiger partial charge in [0.05, 0.1) is 59.5 Å². The van der Waals surface area contributed by atoms with E-state index < -0.39 is 81.2 Å². The Morgan fingerprint density at radius 1 is 0.600 bits per heavy atom. The number of rotatable bonds is 12. The highest BCUT2D eigenvalue weighted by atomic mass is 32.1. The number of hydrogen-bond acceptors (Lipinski definition) is 10. The Morgan fingerprint density at radius 3 is 1.08 bits per heavy atom. The second kappa shape index (κ2) is 10.5. The van der Waals surface area contributed by atoms with Gasteiger partial charge >= 0.3 is 0 Å². The minimum atomic E-state index is -1.91. The molecule has 0 saturated carbocycles. The summed E-state index contributed by atoms with van der Waals surface area (Å²) < 4.78 is 0. The second-order valence-electron chi connectivity index (χ2n) is 5.92. The molecule has 0 heterocycles. The van der Waals surface area contributed by atoms with Gasteiger partial charge in [0.25, 0.3) is 0 Å². The molecule has 0 saturated heterocycles. The molecule has 0 aliphatic carbocycles. The van der Waals surface area contributed by atoms with Gasteiger partial charge < -0.3 is 56.2 Å². The fourth-order valence-corrected chi connectivity index (χ4v) is 2.81. The van der Waals surface area contributed by atoms with Crippen LogP contribution < -0.4 is 5.32 Å². The summed E-state index contributed by atoms with van der Waals surface area (Å²) in [5.74, 6) is 0. The third-order valence-electron chi connectivity index (χ3n) is 4.20. The van der Waals surface area contributed by atoms with Crippen LogP contribution >= 0.6 is 12.2 Å². The minimum absolute atomic E-state index is 0.452. The molecule has 0 aliphatic rings. The van der Waals surface area contributed by atoms with Crippen molar-refractivity contribution in [3.8, 4) is 0 Å². The molecule has 0 aromatic carbocycles. The fraction of sp³-hybridized carbons (Fsp3) is 0.923. The Labute approximate surface area is 150 Å². The van der Waals surface area contributed by atoms with Gasteiger partial charge in [-0.05, 0) is 12.2 Å². The van der Waals surface area contributed by atoms with Crippen molar-refractivity contribution in [3.05, 3.63) is 0 Å². The summed E-state index contributed by atoms with van der Waals surface area (Å²) in [6, 6.07) is 0. The van der Waals surface area contributed by atoms with Gasteiger partial charge in [-0.2, -0.15) is 0 Å². The molecule has 12 heteroatoms. The summed E-state index contributed by atoms with van der Waals surface area (Å²) >= 11 is 5.13. The van der Waals surface area contributed by atoms with Crippen molar-refractivity contribution in [3.63, 3.8) is 0 Å². The van der Waals surface area contributed by atoms with Crippen LogP contribution in [0.4, 0.5) is 0 Å². The number of aliphatic hydroxyl groups is 9. The number of thiocarbonyl (C=S) groups is 1. The Hall–Kier alpha value is -0.670. The van der Waals surface area contributed by atoms with Crippen LogP contribution in [0, 0.1) is 0 Å². The molecule has 0 rings (SSSR count). The van der Waals surface area contributed by atoms with E-state index in [0.29, 0.717) is 0 Å². The number of nitrogens with zero attached hydrogens (tertiary/aromatic N) is 1. The lowest BCUT2D eigenvalue weighted by Crippen LogP contribution is -2.75. The lowest BCUT2D eigenvalue weighted by atomic mass is 9.90. The van der Waals surface area contributed by atoms with E-state index in [4.69, 9.17) is 12.2 Å². The van der Waals surface area contributed by atoms with E-state index in [1.54, 1.807) is 0 Å². The summed E-state index contributed by atoms with van der Waals surface area (Å²) in [6.07, 6.45) is 0. The van der Waals surface area contributed by atoms with Crippen LogP contribution in [-0.4, -0.2) is 132 Å². The summed E-state index contributed by atoms with van der Waals surface area (Å²) in [5.41, 5.74) is -5.53. The van der Waals surface area contributed by atoms with E-state index in [2.05, 4.69) is 5.32 Å². The van der Waals surface area contributed by atoms with Gasteiger partial charge in [0.2, 0.25) is 0 Å². The van der Waals surface area contributed by atoms with Crippen molar-refractivity contribution in [2.45, 2.75) is 16.6 Å². The summed E-state index contributed by atoms with van der Waals surface area (Å²) in [7, 11) is 0. The van der Waals surface area contributed by atoms with Gasteiger partial charge in [-0.1, -0.05) is 0 Å². The van der Waals surface area contributed by atoms with Crippen molar-refractivity contribution < 1.29 is 46.0 Å². The average molecular weight is 388 g/mol. The highest BCUT2D eigenvalue weighted by Gasteiger charge is 2.50. The minimum Gasteiger partial charge on any atom is -0.394 e. The zero-order chi connectivity index (χ0) is 19.7. The summed E-state index contributed by atoms with van der Waals surface area (Å²) in [5, 5.41) is 88.2. The van der Waals surface area contributed by atoms with Crippen LogP contribution in [0.15, 0.2) is 0 Å². The van der Waals surface area contributed by atoms with Crippen LogP contribution in [0.25, 0.3) is 0 Å². The predicted molar refractivity (Wildman–Crippen MR) is 89.5 cm³/mol. The van der Waals surface area contributed by atoms with E-state index in [0.717, 1.165) is 4.90 Å². The first-order valence-corrected chi connectivity index (χ1v) is 7.81. The van der Waals surface area contributed by atoms with Gasteiger partial charge in [0.1, 0.15) is 16.6 Å². The molecular weight excluding hydrogens is 360 g/mol. The molecule has 0 bridgehead atoms. The third kappa shape index (κ3) is 4.74. The van der Waals surface area contributed by atoms with Gasteiger partial charge in [-0.15, -0.1) is 0 Å². The first kappa shape index (κ1) is 24.3. The van der Waals surface area contributed by atoms with Crippen molar-refractivity contribution in [1.82, 2.24) is 10.2 Å². The summed E-state index contributed by atoms with van der Waals surface area (Å²) in [4.78, 5) is 0.824. The van der Waals surface area contributed by atoms with Crippen molar-refractivity contribution in [2.24, 2.45) is 0 Å². The Balaban J connectivity index is 6.18. The maximum Gasteiger partial charge on any atom is 0.171 e. The highest BCUT2D eigenvalue weighted by molar-refractivity contribution is 7.80. The molecule has 0 aromatic heterocycles. The number of hydrogen-bond donors (Lipinski definition) is 10. The molecule has 0 aliphatic heterocycles. The Kier molecular flexibility index (Phi) is 10.2. The molecule has 0 aromatic rings. The zero-order valence-corrected chi connectivity index (χ0v) is 14.6. The Bertz CT molecular complexity index is 356. The van der Waals surface area contributed by atoms with E-state index in [1.807, 2.05) is 0 Å². The number of nitrogens with one attached hydrogen (secondary N) is 1. The van der Waals surface area contributed by atoms with E-state index in [-0.39, 0.29) is 0 Å². The monoisotopic (exact) mass is 388 g/mol. The first-order valence-electron chi connectivity index (χ1n) is 7.40. The normalized spacial score (nSPS) is 13.0. The first-order chi connectivity index (χ1) is 11.8. The second-order valence-corrected chi connectivity index (χ2v) is 6.30. The highest BCUT2D eigenvalue weighted by Crippen LogP contribution is 2.27. The molecule has 25 heavy (non-hydrogen) atoms. The maximum atomic E-state index is 9.67.